The van der Waals surface area contributed by atoms with Crippen LogP contribution in [0.4, 0.5) is 0 Å². The minimum absolute atomic E-state index is 0.713. The number of unbranched alkanes of at least 4 members (excludes halogenated alkanes) is 4. The molecule has 0 radical (unpaired) electrons. The van der Waals surface area contributed by atoms with E-state index in [-0.39, 0.29) is 0 Å². The molecule has 0 spiro atoms. The average Bonchev–Trinajstić information content (AvgIpc) is 2.13. The number of halogens is 3. The summed E-state index contributed by atoms with van der Waals surface area (Å²) in [5.41, 5.74) is 1.10. The Morgan fingerprint density at radius 1 is 1.06 bits per heavy atom. The number of hydrogen-bond donors (Lipinski definition) is 0. The van der Waals surface area contributed by atoms with Crippen molar-refractivity contribution < 1.29 is 4.74 Å². The third kappa shape index (κ3) is 15.4. The number of ether oxygens (including phenoxy) is 1. The molecular formula is C11H21Br3OSi. The predicted octanol–water partition coefficient (Wildman–Crippen LogP) is 5.65. The van der Waals surface area contributed by atoms with Gasteiger partial charge in [-0.05, 0) is 19.4 Å². The van der Waals surface area contributed by atoms with Crippen LogP contribution in [0.3, 0.4) is 0 Å². The quantitative estimate of drug-likeness (QED) is 0.186. The first-order valence-electron chi connectivity index (χ1n) is 5.70. The summed E-state index contributed by atoms with van der Waals surface area (Å²) in [5, 5.41) is 0. The van der Waals surface area contributed by atoms with Gasteiger partial charge in [0, 0.05) is 6.61 Å². The van der Waals surface area contributed by atoms with E-state index in [0.717, 1.165) is 12.2 Å². The molecule has 0 atom stereocenters. The first kappa shape index (κ1) is 17.4. The topological polar surface area (TPSA) is 9.23 Å². The Morgan fingerprint density at radius 3 is 2.19 bits per heavy atom. The van der Waals surface area contributed by atoms with Crippen molar-refractivity contribution in [2.75, 3.05) is 13.2 Å². The molecule has 0 N–H and O–H groups in total. The SMILES string of the molecule is C=C(C)COCCCCCCC[Si](Br)(Br)Br. The summed E-state index contributed by atoms with van der Waals surface area (Å²) in [6.07, 6.45) is 6.37. The van der Waals surface area contributed by atoms with E-state index in [9.17, 15) is 0 Å². The molecule has 0 rings (SSSR count). The van der Waals surface area contributed by atoms with Crippen molar-refractivity contribution in [3.63, 3.8) is 0 Å². The molecule has 0 unspecified atom stereocenters. The first-order valence-corrected chi connectivity index (χ1v) is 14.7. The van der Waals surface area contributed by atoms with Crippen LogP contribution in [0.2, 0.25) is 6.04 Å². The zero-order chi connectivity index (χ0) is 12.4. The smallest absolute Gasteiger partial charge is 0.267 e. The Morgan fingerprint density at radius 2 is 1.62 bits per heavy atom. The molecule has 0 aliphatic rings. The molecule has 0 aliphatic heterocycles. The third-order valence-corrected chi connectivity index (χ3v) is 6.59. The second kappa shape index (κ2) is 10.3. The maximum absolute atomic E-state index is 5.44. The Hall–Kier alpha value is 1.36. The highest BCUT2D eigenvalue weighted by molar-refractivity contribution is 9.72. The van der Waals surface area contributed by atoms with Crippen LogP contribution in [0.5, 0.6) is 0 Å². The van der Waals surface area contributed by atoms with Gasteiger partial charge in [-0.2, -0.15) is 0 Å². The van der Waals surface area contributed by atoms with Crippen LogP contribution in [-0.4, -0.2) is 17.1 Å². The van der Waals surface area contributed by atoms with Gasteiger partial charge in [0.2, 0.25) is 0 Å². The van der Waals surface area contributed by atoms with Crippen molar-refractivity contribution in [1.82, 2.24) is 0 Å². The van der Waals surface area contributed by atoms with Crippen molar-refractivity contribution >= 4 is 49.8 Å². The van der Waals surface area contributed by atoms with Gasteiger partial charge in [0.1, 0.15) is 0 Å². The molecule has 0 heterocycles. The molecule has 0 saturated heterocycles. The summed E-state index contributed by atoms with van der Waals surface area (Å²) in [7, 11) is 0. The molecule has 96 valence electrons. The van der Waals surface area contributed by atoms with Gasteiger partial charge in [-0.1, -0.05) is 83.7 Å². The second-order valence-electron chi connectivity index (χ2n) is 4.14. The minimum Gasteiger partial charge on any atom is -0.377 e. The molecule has 16 heavy (non-hydrogen) atoms. The van der Waals surface area contributed by atoms with Gasteiger partial charge in [0.25, 0.3) is 3.93 Å². The molecular weight excluding hydrogens is 416 g/mol. The normalized spacial score (nSPS) is 11.8. The van der Waals surface area contributed by atoms with Crippen LogP contribution in [0.15, 0.2) is 12.2 Å². The van der Waals surface area contributed by atoms with E-state index < -0.39 is 3.93 Å². The fourth-order valence-electron chi connectivity index (χ4n) is 1.31. The predicted molar refractivity (Wildman–Crippen MR) is 86.1 cm³/mol. The van der Waals surface area contributed by atoms with Gasteiger partial charge in [-0.25, -0.2) is 0 Å². The molecule has 0 amide bonds. The molecule has 1 nitrogen and oxygen atoms in total. The molecule has 0 saturated carbocycles. The Bertz CT molecular complexity index is 192. The zero-order valence-corrected chi connectivity index (χ0v) is 15.7. The van der Waals surface area contributed by atoms with E-state index >= 15 is 0 Å². The average molecular weight is 437 g/mol. The van der Waals surface area contributed by atoms with E-state index in [1.165, 1.54) is 38.1 Å². The van der Waals surface area contributed by atoms with Crippen molar-refractivity contribution in [2.24, 2.45) is 0 Å². The third-order valence-electron chi connectivity index (χ3n) is 2.10. The van der Waals surface area contributed by atoms with E-state index in [4.69, 9.17) is 4.74 Å². The molecule has 0 aromatic rings. The Labute approximate surface area is 124 Å². The summed E-state index contributed by atoms with van der Waals surface area (Å²) in [6.45, 7) is 7.39. The summed E-state index contributed by atoms with van der Waals surface area (Å²) in [5.74, 6) is 0. The first-order chi connectivity index (χ1) is 7.42. The highest BCUT2D eigenvalue weighted by Crippen LogP contribution is 2.33. The second-order valence-corrected chi connectivity index (χ2v) is 27.6. The molecule has 5 heteroatoms. The van der Waals surface area contributed by atoms with Crippen molar-refractivity contribution in [3.8, 4) is 0 Å². The maximum Gasteiger partial charge on any atom is 0.267 e. The van der Waals surface area contributed by atoms with Crippen molar-refractivity contribution in [1.29, 1.82) is 0 Å². The van der Waals surface area contributed by atoms with E-state index in [1.807, 2.05) is 6.92 Å². The summed E-state index contributed by atoms with van der Waals surface area (Å²) < 4.78 is 4.09. The standard InChI is InChI=1S/C11H21Br3OSi/c1-11(2)10-15-8-6-4-3-5-7-9-16(12,13)14/h1,3-10H2,2H3. The lowest BCUT2D eigenvalue weighted by Gasteiger charge is -2.08. The van der Waals surface area contributed by atoms with Crippen molar-refractivity contribution in [2.45, 2.75) is 45.1 Å². The lowest BCUT2D eigenvalue weighted by molar-refractivity contribution is 0.151. The van der Waals surface area contributed by atoms with E-state index in [0.29, 0.717) is 6.61 Å². The molecule has 0 aliphatic carbocycles. The largest absolute Gasteiger partial charge is 0.377 e. The van der Waals surface area contributed by atoms with Crippen LogP contribution in [0.25, 0.3) is 0 Å². The highest BCUT2D eigenvalue weighted by atomic mass is 80.0. The Balaban J connectivity index is 3.07. The molecule has 0 bridgehead atoms. The summed E-state index contributed by atoms with van der Waals surface area (Å²) >= 11 is 10.9. The molecule has 0 fully saturated rings. The van der Waals surface area contributed by atoms with Crippen LogP contribution in [0, 0.1) is 0 Å². The lowest BCUT2D eigenvalue weighted by atomic mass is 10.2. The van der Waals surface area contributed by atoms with Crippen molar-refractivity contribution in [3.05, 3.63) is 12.2 Å². The van der Waals surface area contributed by atoms with Gasteiger partial charge in [-0.15, -0.1) is 0 Å². The fourth-order valence-corrected chi connectivity index (χ4v) is 4.48. The number of hydrogen-bond acceptors (Lipinski definition) is 1. The van der Waals surface area contributed by atoms with E-state index in [2.05, 4.69) is 52.5 Å². The summed E-state index contributed by atoms with van der Waals surface area (Å²) in [4.78, 5) is 0. The highest BCUT2D eigenvalue weighted by Gasteiger charge is 2.20. The van der Waals surface area contributed by atoms with Gasteiger partial charge < -0.3 is 4.74 Å². The minimum atomic E-state index is -1.35. The molecule has 0 aromatic carbocycles. The maximum atomic E-state index is 5.44. The van der Waals surface area contributed by atoms with Crippen LogP contribution in [0.1, 0.15) is 39.0 Å². The van der Waals surface area contributed by atoms with Crippen LogP contribution < -0.4 is 0 Å². The zero-order valence-electron chi connectivity index (χ0n) is 9.91. The lowest BCUT2D eigenvalue weighted by Crippen LogP contribution is -2.04. The van der Waals surface area contributed by atoms with Gasteiger partial charge >= 0.3 is 0 Å². The van der Waals surface area contributed by atoms with Gasteiger partial charge in [-0.3, -0.25) is 0 Å². The van der Waals surface area contributed by atoms with Crippen LogP contribution >= 0.6 is 45.9 Å². The summed E-state index contributed by atoms with van der Waals surface area (Å²) in [6, 6.07) is 1.24. The molecule has 0 aromatic heterocycles. The van der Waals surface area contributed by atoms with Gasteiger partial charge in [0.15, 0.2) is 0 Å². The van der Waals surface area contributed by atoms with Crippen LogP contribution in [-0.2, 0) is 4.74 Å². The fraction of sp³-hybridized carbons (Fsp3) is 0.818. The Kier molecular flexibility index (Phi) is 11.2. The monoisotopic (exact) mass is 434 g/mol. The van der Waals surface area contributed by atoms with Gasteiger partial charge in [0.05, 0.1) is 6.61 Å². The number of rotatable bonds is 10. The van der Waals surface area contributed by atoms with E-state index in [1.54, 1.807) is 0 Å².